The Labute approximate surface area is 139 Å². The van der Waals surface area contributed by atoms with Crippen LogP contribution in [0.5, 0.6) is 5.75 Å². The maximum absolute atomic E-state index is 13.4. The van der Waals surface area contributed by atoms with E-state index >= 15 is 0 Å². The van der Waals surface area contributed by atoms with E-state index in [1.54, 1.807) is 0 Å². The van der Waals surface area contributed by atoms with Crippen molar-refractivity contribution in [3.8, 4) is 5.75 Å². The summed E-state index contributed by atoms with van der Waals surface area (Å²) in [5.41, 5.74) is -0.313. The molecule has 0 saturated heterocycles. The number of methoxy groups -OCH3 is 1. The van der Waals surface area contributed by atoms with Gasteiger partial charge in [-0.2, -0.15) is 0 Å². The number of ether oxygens (including phenoxy) is 1. The van der Waals surface area contributed by atoms with Crippen LogP contribution in [0.4, 0.5) is 15.8 Å². The first kappa shape index (κ1) is 18.0. The first-order chi connectivity index (χ1) is 11.1. The zero-order valence-corrected chi connectivity index (χ0v) is 14.4. The monoisotopic (exact) mass is 374 g/mol. The van der Waals surface area contributed by atoms with E-state index in [0.717, 1.165) is 24.5 Å². The lowest BCUT2D eigenvalue weighted by molar-refractivity contribution is 0.414. The molecule has 2 aromatic rings. The Morgan fingerprint density at radius 3 is 2.08 bits per heavy atom. The van der Waals surface area contributed by atoms with Gasteiger partial charge in [-0.15, -0.1) is 0 Å². The van der Waals surface area contributed by atoms with Gasteiger partial charge in [0.15, 0.2) is 0 Å². The predicted molar refractivity (Wildman–Crippen MR) is 88.7 cm³/mol. The zero-order chi connectivity index (χ0) is 18.0. The molecule has 0 unspecified atom stereocenters. The number of hydrogen-bond donors (Lipinski definition) is 2. The molecule has 0 saturated carbocycles. The molecule has 0 aliphatic heterocycles. The average Bonchev–Trinajstić information content (AvgIpc) is 2.48. The van der Waals surface area contributed by atoms with Gasteiger partial charge in [0.05, 0.1) is 29.6 Å². The standard InChI is InChI=1S/C14H15FN2O5S2/c1-22-11-4-6-12(7-5-11)24(20,21)17-14-9-10(15)3-8-13(14)16-23(2,18)19/h3-9,16-17H,1-2H3. The summed E-state index contributed by atoms with van der Waals surface area (Å²) in [7, 11) is -6.26. The molecule has 2 rings (SSSR count). The molecule has 7 nitrogen and oxygen atoms in total. The molecule has 10 heteroatoms. The van der Waals surface area contributed by atoms with Crippen LogP contribution < -0.4 is 14.2 Å². The van der Waals surface area contributed by atoms with Crippen LogP contribution in [0.15, 0.2) is 47.4 Å². The lowest BCUT2D eigenvalue weighted by Gasteiger charge is -2.13. The largest absolute Gasteiger partial charge is 0.497 e. The summed E-state index contributed by atoms with van der Waals surface area (Å²) in [4.78, 5) is -0.0853. The SMILES string of the molecule is COc1ccc(S(=O)(=O)Nc2cc(F)ccc2NS(C)(=O)=O)cc1. The summed E-state index contributed by atoms with van der Waals surface area (Å²) in [5, 5.41) is 0. The lowest BCUT2D eigenvalue weighted by Crippen LogP contribution is -2.16. The lowest BCUT2D eigenvalue weighted by atomic mass is 10.3. The molecule has 0 aromatic heterocycles. The third-order valence-electron chi connectivity index (χ3n) is 2.89. The Bertz CT molecular complexity index is 942. The van der Waals surface area contributed by atoms with Crippen molar-refractivity contribution in [2.24, 2.45) is 0 Å². The van der Waals surface area contributed by atoms with E-state index in [0.29, 0.717) is 5.75 Å². The molecule has 0 bridgehead atoms. The second kappa shape index (κ2) is 6.65. The van der Waals surface area contributed by atoms with Crippen LogP contribution in [-0.2, 0) is 20.0 Å². The van der Waals surface area contributed by atoms with Crippen LogP contribution in [0, 0.1) is 5.82 Å². The van der Waals surface area contributed by atoms with Crippen molar-refractivity contribution in [2.45, 2.75) is 4.90 Å². The molecular weight excluding hydrogens is 359 g/mol. The second-order valence-corrected chi connectivity index (χ2v) is 8.28. The van der Waals surface area contributed by atoms with E-state index in [4.69, 9.17) is 4.74 Å². The van der Waals surface area contributed by atoms with Crippen LogP contribution in [0.3, 0.4) is 0 Å². The smallest absolute Gasteiger partial charge is 0.261 e. The highest BCUT2D eigenvalue weighted by molar-refractivity contribution is 7.93. The summed E-state index contributed by atoms with van der Waals surface area (Å²) in [6.07, 6.45) is 0.901. The van der Waals surface area contributed by atoms with Crippen molar-refractivity contribution in [1.82, 2.24) is 0 Å². The number of hydrogen-bond acceptors (Lipinski definition) is 5. The Kier molecular flexibility index (Phi) is 4.99. The third kappa shape index (κ3) is 4.59. The van der Waals surface area contributed by atoms with Gasteiger partial charge in [0, 0.05) is 6.07 Å². The number of halogens is 1. The molecule has 2 N–H and O–H groups in total. The average molecular weight is 374 g/mol. The summed E-state index contributed by atoms with van der Waals surface area (Å²) in [6, 6.07) is 8.55. The van der Waals surface area contributed by atoms with Gasteiger partial charge in [-0.25, -0.2) is 21.2 Å². The minimum absolute atomic E-state index is 0.0853. The minimum atomic E-state index is -4.04. The maximum atomic E-state index is 13.4. The predicted octanol–water partition coefficient (Wildman–Crippen LogP) is 2.01. The van der Waals surface area contributed by atoms with Crippen molar-refractivity contribution in [2.75, 3.05) is 22.8 Å². The van der Waals surface area contributed by atoms with Gasteiger partial charge < -0.3 is 4.74 Å². The fourth-order valence-corrected chi connectivity index (χ4v) is 3.50. The van der Waals surface area contributed by atoms with E-state index in [2.05, 4.69) is 9.44 Å². The van der Waals surface area contributed by atoms with Gasteiger partial charge in [-0.05, 0) is 36.4 Å². The molecule has 0 radical (unpaired) electrons. The molecule has 0 aliphatic carbocycles. The van der Waals surface area contributed by atoms with Gasteiger partial charge in [0.1, 0.15) is 11.6 Å². The third-order valence-corrected chi connectivity index (χ3v) is 4.86. The van der Waals surface area contributed by atoms with Gasteiger partial charge in [-0.1, -0.05) is 0 Å². The van der Waals surface area contributed by atoms with Crippen LogP contribution in [0.1, 0.15) is 0 Å². The Morgan fingerprint density at radius 2 is 1.54 bits per heavy atom. The number of anilines is 2. The molecule has 0 heterocycles. The van der Waals surface area contributed by atoms with Crippen molar-refractivity contribution in [3.05, 3.63) is 48.3 Å². The fourth-order valence-electron chi connectivity index (χ4n) is 1.85. The molecule has 0 aliphatic rings. The highest BCUT2D eigenvalue weighted by Gasteiger charge is 2.18. The number of rotatable bonds is 6. The summed E-state index contributed by atoms with van der Waals surface area (Å²) < 4.78 is 70.1. The van der Waals surface area contributed by atoms with Crippen LogP contribution in [0.2, 0.25) is 0 Å². The topological polar surface area (TPSA) is 102 Å². The molecule has 0 amide bonds. The summed E-state index contributed by atoms with van der Waals surface area (Å²) in [5.74, 6) is -0.249. The van der Waals surface area contributed by atoms with E-state index in [9.17, 15) is 21.2 Å². The van der Waals surface area contributed by atoms with Crippen molar-refractivity contribution < 1.29 is 26.0 Å². The first-order valence-corrected chi connectivity index (χ1v) is 9.92. The fraction of sp³-hybridized carbons (Fsp3) is 0.143. The van der Waals surface area contributed by atoms with E-state index in [1.807, 2.05) is 0 Å². The molecule has 0 fully saturated rings. The Balaban J connectivity index is 2.39. The van der Waals surface area contributed by atoms with Crippen LogP contribution >= 0.6 is 0 Å². The Morgan fingerprint density at radius 1 is 0.917 bits per heavy atom. The second-order valence-electron chi connectivity index (χ2n) is 4.85. The quantitative estimate of drug-likeness (QED) is 0.805. The Hall–Kier alpha value is -2.33. The zero-order valence-electron chi connectivity index (χ0n) is 12.8. The van der Waals surface area contributed by atoms with Gasteiger partial charge >= 0.3 is 0 Å². The first-order valence-electron chi connectivity index (χ1n) is 6.55. The van der Waals surface area contributed by atoms with Crippen molar-refractivity contribution in [1.29, 1.82) is 0 Å². The summed E-state index contributed by atoms with van der Waals surface area (Å²) >= 11 is 0. The molecule has 130 valence electrons. The van der Waals surface area contributed by atoms with Gasteiger partial charge in [-0.3, -0.25) is 9.44 Å². The number of nitrogens with one attached hydrogen (secondary N) is 2. The highest BCUT2D eigenvalue weighted by Crippen LogP contribution is 2.27. The van der Waals surface area contributed by atoms with Gasteiger partial charge in [0.2, 0.25) is 10.0 Å². The summed E-state index contributed by atoms with van der Waals surface area (Å²) in [6.45, 7) is 0. The molecule has 0 spiro atoms. The van der Waals surface area contributed by atoms with Crippen molar-refractivity contribution in [3.63, 3.8) is 0 Å². The number of benzene rings is 2. The normalized spacial score (nSPS) is 11.8. The maximum Gasteiger partial charge on any atom is 0.261 e. The highest BCUT2D eigenvalue weighted by atomic mass is 32.2. The molecule has 0 atom stereocenters. The molecular formula is C14H15FN2O5S2. The van der Waals surface area contributed by atoms with Crippen LogP contribution in [-0.4, -0.2) is 30.2 Å². The van der Waals surface area contributed by atoms with Crippen LogP contribution in [0.25, 0.3) is 0 Å². The molecule has 2 aromatic carbocycles. The number of sulfonamides is 2. The van der Waals surface area contributed by atoms with Crippen molar-refractivity contribution >= 4 is 31.4 Å². The van der Waals surface area contributed by atoms with Gasteiger partial charge in [0.25, 0.3) is 10.0 Å². The van der Waals surface area contributed by atoms with E-state index in [1.165, 1.54) is 31.4 Å². The van der Waals surface area contributed by atoms with E-state index in [-0.39, 0.29) is 16.3 Å². The minimum Gasteiger partial charge on any atom is -0.497 e. The molecule has 24 heavy (non-hydrogen) atoms. The van der Waals surface area contributed by atoms with E-state index < -0.39 is 25.9 Å².